The molecule has 0 saturated carbocycles. The van der Waals surface area contributed by atoms with Crippen LogP contribution in [0.2, 0.25) is 0 Å². The molecule has 2 aromatic heterocycles. The summed E-state index contributed by atoms with van der Waals surface area (Å²) in [5.41, 5.74) is 4.82. The molecule has 0 fully saturated rings. The Morgan fingerprint density at radius 3 is 2.51 bits per heavy atom. The number of hydrogen-bond acceptors (Lipinski definition) is 4. The fraction of sp³-hybridized carbons (Fsp3) is 0.333. The second kappa shape index (κ2) is 10.4. The Morgan fingerprint density at radius 1 is 1.18 bits per heavy atom. The van der Waals surface area contributed by atoms with Crippen LogP contribution in [0.3, 0.4) is 0 Å². The third-order valence-corrected chi connectivity index (χ3v) is 8.17. The van der Waals surface area contributed by atoms with Crippen molar-refractivity contribution in [2.75, 3.05) is 7.05 Å². The molecule has 1 aliphatic rings. The molecule has 5 rings (SSSR count). The van der Waals surface area contributed by atoms with E-state index in [0.717, 1.165) is 10.0 Å². The van der Waals surface area contributed by atoms with Gasteiger partial charge in [-0.2, -0.15) is 5.10 Å². The highest BCUT2D eigenvalue weighted by Crippen LogP contribution is 2.28. The molecular formula is C30H32BrN5O3. The van der Waals surface area contributed by atoms with Crippen molar-refractivity contribution in [3.8, 4) is 5.69 Å². The number of halogens is 1. The van der Waals surface area contributed by atoms with E-state index in [1.807, 2.05) is 26.0 Å². The number of aromatic nitrogens is 3. The molecule has 8 nitrogen and oxygen atoms in total. The van der Waals surface area contributed by atoms with Crippen LogP contribution in [-0.4, -0.2) is 44.0 Å². The lowest BCUT2D eigenvalue weighted by Gasteiger charge is -2.35. The zero-order chi connectivity index (χ0) is 28.9. The molecule has 4 aromatic rings. The molecule has 1 aliphatic heterocycles. The Morgan fingerprint density at radius 2 is 1.87 bits per heavy atom. The average molecular weight is 592 g/mol. The first-order chi connectivity index (χ1) is 19.0. The fourth-order valence-electron chi connectivity index (χ4n) is 5.23. The van der Waals surface area contributed by atoms with Crippen molar-refractivity contribution in [2.24, 2.45) is 5.92 Å². The average Bonchev–Trinajstić information content (AvgIpc) is 3.24. The van der Waals surface area contributed by atoms with Gasteiger partial charge in [0.25, 0.3) is 17.4 Å². The van der Waals surface area contributed by atoms with Crippen LogP contribution in [0, 0.1) is 12.8 Å². The topological polar surface area (TPSA) is 88.7 Å². The van der Waals surface area contributed by atoms with E-state index in [1.165, 1.54) is 0 Å². The highest BCUT2D eigenvalue weighted by molar-refractivity contribution is 9.10. The first-order valence-corrected chi connectivity index (χ1v) is 13.9. The van der Waals surface area contributed by atoms with Gasteiger partial charge in [0, 0.05) is 39.8 Å². The molecule has 9 heteroatoms. The van der Waals surface area contributed by atoms with Crippen molar-refractivity contribution in [3.63, 3.8) is 0 Å². The summed E-state index contributed by atoms with van der Waals surface area (Å²) in [6.45, 7) is 8.21. The van der Waals surface area contributed by atoms with Crippen LogP contribution in [-0.2, 0) is 19.4 Å². The minimum atomic E-state index is -0.223. The molecule has 0 aliphatic carbocycles. The third kappa shape index (κ3) is 4.80. The third-order valence-electron chi connectivity index (χ3n) is 7.28. The van der Waals surface area contributed by atoms with E-state index in [9.17, 15) is 14.4 Å². The number of nitrogens with one attached hydrogen (secondary N) is 1. The standard InChI is InChI=1S/C30H32BrN5O3/c1-17(2)12-22-15-33-36-26-16-34(29(38)21-8-11-25(31)18(3)13-21)19(4)14-24(26)30(39)35(28(22)36)23-9-6-20(7-10-23)27(37)32-5/h6-11,13,15,17,19H,12,14,16H2,1-5H3,(H,32,37)/i15D. The lowest BCUT2D eigenvalue weighted by Crippen LogP contribution is -2.46. The summed E-state index contributed by atoms with van der Waals surface area (Å²) in [5.74, 6) is -0.102. The molecule has 1 atom stereocenters. The number of nitrogens with zero attached hydrogens (tertiary/aromatic N) is 4. The molecule has 2 amide bonds. The smallest absolute Gasteiger partial charge is 0.261 e. The van der Waals surface area contributed by atoms with Gasteiger partial charge < -0.3 is 10.2 Å². The van der Waals surface area contributed by atoms with Gasteiger partial charge in [-0.3, -0.25) is 19.0 Å². The lowest BCUT2D eigenvalue weighted by atomic mass is 9.97. The maximum absolute atomic E-state index is 14.2. The molecule has 1 N–H and O–H groups in total. The Bertz CT molecular complexity index is 1710. The quantitative estimate of drug-likeness (QED) is 0.365. The van der Waals surface area contributed by atoms with Gasteiger partial charge in [0.15, 0.2) is 0 Å². The fourth-order valence-corrected chi connectivity index (χ4v) is 5.48. The zero-order valence-electron chi connectivity index (χ0n) is 23.7. The van der Waals surface area contributed by atoms with Crippen LogP contribution in [0.25, 0.3) is 11.3 Å². The second-order valence-corrected chi connectivity index (χ2v) is 11.4. The van der Waals surface area contributed by atoms with Crippen molar-refractivity contribution in [1.82, 2.24) is 24.4 Å². The molecule has 0 saturated heterocycles. The molecule has 202 valence electrons. The normalized spacial score (nSPS) is 15.4. The predicted molar refractivity (Wildman–Crippen MR) is 155 cm³/mol. The minimum absolute atomic E-state index is 0.109. The number of amides is 2. The molecular weight excluding hydrogens is 558 g/mol. The Balaban J connectivity index is 1.70. The number of hydrogen-bond donors (Lipinski definition) is 1. The van der Waals surface area contributed by atoms with E-state index in [4.69, 9.17) is 1.37 Å². The minimum Gasteiger partial charge on any atom is -0.355 e. The van der Waals surface area contributed by atoms with Crippen molar-refractivity contribution >= 4 is 33.4 Å². The van der Waals surface area contributed by atoms with E-state index >= 15 is 0 Å². The van der Waals surface area contributed by atoms with E-state index in [-0.39, 0.29) is 42.1 Å². The van der Waals surface area contributed by atoms with E-state index in [0.29, 0.717) is 52.1 Å². The number of fused-ring (bicyclic) bond motifs is 3. The summed E-state index contributed by atoms with van der Waals surface area (Å²) in [4.78, 5) is 41.7. The summed E-state index contributed by atoms with van der Waals surface area (Å²) in [5, 5.41) is 7.21. The van der Waals surface area contributed by atoms with Crippen LogP contribution < -0.4 is 10.9 Å². The molecule has 3 heterocycles. The molecule has 1 unspecified atom stereocenters. The van der Waals surface area contributed by atoms with Gasteiger partial charge in [0.1, 0.15) is 5.65 Å². The van der Waals surface area contributed by atoms with Gasteiger partial charge in [-0.25, -0.2) is 4.52 Å². The van der Waals surface area contributed by atoms with Gasteiger partial charge in [-0.1, -0.05) is 29.8 Å². The summed E-state index contributed by atoms with van der Waals surface area (Å²) in [6, 6.07) is 12.2. The van der Waals surface area contributed by atoms with Crippen molar-refractivity contribution in [3.05, 3.63) is 97.0 Å². The summed E-state index contributed by atoms with van der Waals surface area (Å²) >= 11 is 3.50. The summed E-state index contributed by atoms with van der Waals surface area (Å²) in [6.07, 6.45) is 1.03. The molecule has 0 radical (unpaired) electrons. The van der Waals surface area contributed by atoms with Crippen LogP contribution in [0.5, 0.6) is 0 Å². The SMILES string of the molecule is [2H]c1nn2c3c(c(=O)n(-c4ccc(C(=O)NC)cc4)c2c1CC(C)C)CC(C)N(C(=O)c1ccc(Br)c(C)c1)C3. The van der Waals surface area contributed by atoms with E-state index in [2.05, 4.69) is 40.2 Å². The number of aryl methyl sites for hydroxylation is 1. The first kappa shape index (κ1) is 25.6. The van der Waals surface area contributed by atoms with E-state index < -0.39 is 0 Å². The van der Waals surface area contributed by atoms with Crippen LogP contribution in [0.4, 0.5) is 0 Å². The highest BCUT2D eigenvalue weighted by atomic mass is 79.9. The lowest BCUT2D eigenvalue weighted by molar-refractivity contribution is 0.0651. The van der Waals surface area contributed by atoms with Crippen LogP contribution >= 0.6 is 15.9 Å². The molecule has 0 bridgehead atoms. The summed E-state index contributed by atoms with van der Waals surface area (Å²) < 4.78 is 12.9. The van der Waals surface area contributed by atoms with Crippen LogP contribution in [0.1, 0.15) is 65.2 Å². The number of benzene rings is 2. The zero-order valence-corrected chi connectivity index (χ0v) is 24.3. The van der Waals surface area contributed by atoms with Gasteiger partial charge in [0.05, 0.1) is 25.5 Å². The number of rotatable bonds is 5. The molecule has 0 spiro atoms. The Labute approximate surface area is 237 Å². The van der Waals surface area contributed by atoms with Gasteiger partial charge in [-0.15, -0.1) is 0 Å². The van der Waals surface area contributed by atoms with Crippen LogP contribution in [0.15, 0.2) is 57.9 Å². The Hall–Kier alpha value is -3.72. The van der Waals surface area contributed by atoms with Crippen molar-refractivity contribution in [1.29, 1.82) is 0 Å². The van der Waals surface area contributed by atoms with Gasteiger partial charge in [0.2, 0.25) is 0 Å². The summed E-state index contributed by atoms with van der Waals surface area (Å²) in [7, 11) is 1.57. The van der Waals surface area contributed by atoms with Crippen molar-refractivity contribution < 1.29 is 11.0 Å². The van der Waals surface area contributed by atoms with E-state index in [1.54, 1.807) is 51.4 Å². The molecule has 39 heavy (non-hydrogen) atoms. The Kier molecular flexibility index (Phi) is 6.85. The van der Waals surface area contributed by atoms with Gasteiger partial charge >= 0.3 is 0 Å². The number of carbonyl (C=O) groups is 2. The highest BCUT2D eigenvalue weighted by Gasteiger charge is 2.33. The van der Waals surface area contributed by atoms with Gasteiger partial charge in [-0.05, 0) is 80.6 Å². The largest absolute Gasteiger partial charge is 0.355 e. The predicted octanol–water partition coefficient (Wildman–Crippen LogP) is 4.70. The van der Waals surface area contributed by atoms with Crippen molar-refractivity contribution in [2.45, 2.75) is 53.1 Å². The molecule has 2 aromatic carbocycles. The second-order valence-electron chi connectivity index (χ2n) is 10.6. The maximum Gasteiger partial charge on any atom is 0.261 e. The monoisotopic (exact) mass is 590 g/mol. The maximum atomic E-state index is 14.2. The first-order valence-electron chi connectivity index (χ1n) is 13.6. The number of carbonyl (C=O) groups excluding carboxylic acids is 2.